The summed E-state index contributed by atoms with van der Waals surface area (Å²) in [5.41, 5.74) is -0.118. The molecule has 0 fully saturated rings. The zero-order valence-electron chi connectivity index (χ0n) is 20.1. The van der Waals surface area contributed by atoms with Crippen LogP contribution in [0.1, 0.15) is 35.2 Å². The van der Waals surface area contributed by atoms with Gasteiger partial charge in [0.25, 0.3) is 0 Å². The molecule has 37 heavy (non-hydrogen) atoms. The lowest BCUT2D eigenvalue weighted by atomic mass is 9.98. The molecule has 198 valence electrons. The molecule has 3 rings (SSSR count). The van der Waals surface area contributed by atoms with Crippen molar-refractivity contribution in [2.24, 2.45) is 0 Å². The van der Waals surface area contributed by atoms with Gasteiger partial charge in [0.2, 0.25) is 15.9 Å². The van der Waals surface area contributed by atoms with Crippen molar-refractivity contribution in [1.82, 2.24) is 20.0 Å². The van der Waals surface area contributed by atoms with Crippen molar-refractivity contribution in [2.75, 3.05) is 13.4 Å². The molecule has 2 heterocycles. The van der Waals surface area contributed by atoms with Gasteiger partial charge in [-0.2, -0.15) is 13.2 Å². The lowest BCUT2D eigenvalue weighted by Crippen LogP contribution is -2.28. The third-order valence-electron chi connectivity index (χ3n) is 5.44. The van der Waals surface area contributed by atoms with Gasteiger partial charge >= 0.3 is 6.18 Å². The van der Waals surface area contributed by atoms with Crippen molar-refractivity contribution < 1.29 is 35.5 Å². The Bertz CT molecular complexity index is 1400. The van der Waals surface area contributed by atoms with E-state index in [4.69, 9.17) is 4.74 Å². The van der Waals surface area contributed by atoms with Crippen LogP contribution in [0.5, 0.6) is 5.75 Å². The number of nitrogens with one attached hydrogen (secondary N) is 2. The maximum atomic E-state index is 14.5. The van der Waals surface area contributed by atoms with E-state index in [0.717, 1.165) is 18.4 Å². The average molecular weight is 541 g/mol. The standard InChI is InChI=1S/C24H24F4N4O4S/c1-14(15-4-5-16(20(25)9-15)12-31-37(3,34)35)23(33)30-11-17-6-7-21(24(26,27)28)32-22(17)18-8-19(36-2)13-29-10-18/h4-10,13-14,31H,11-12H2,1-3H3,(H,30,33). The molecule has 0 saturated heterocycles. The van der Waals surface area contributed by atoms with Gasteiger partial charge in [-0.25, -0.2) is 22.5 Å². The van der Waals surface area contributed by atoms with E-state index in [1.54, 1.807) is 0 Å². The van der Waals surface area contributed by atoms with Crippen LogP contribution in [0.4, 0.5) is 17.6 Å². The third kappa shape index (κ3) is 7.46. The van der Waals surface area contributed by atoms with Crippen LogP contribution < -0.4 is 14.8 Å². The van der Waals surface area contributed by atoms with Gasteiger partial charge in [0.15, 0.2) is 0 Å². The fourth-order valence-electron chi connectivity index (χ4n) is 3.37. The smallest absolute Gasteiger partial charge is 0.433 e. The molecule has 3 aromatic rings. The minimum Gasteiger partial charge on any atom is -0.495 e. The molecule has 0 radical (unpaired) electrons. The Balaban J connectivity index is 1.80. The normalized spacial score (nSPS) is 12.7. The van der Waals surface area contributed by atoms with Gasteiger partial charge in [-0.3, -0.25) is 9.78 Å². The number of rotatable bonds is 9. The van der Waals surface area contributed by atoms with Crippen molar-refractivity contribution in [2.45, 2.75) is 32.1 Å². The van der Waals surface area contributed by atoms with E-state index in [9.17, 15) is 30.8 Å². The molecule has 8 nitrogen and oxygen atoms in total. The number of carbonyl (C=O) groups excluding carboxylic acids is 1. The first-order chi connectivity index (χ1) is 17.3. The van der Waals surface area contributed by atoms with E-state index >= 15 is 0 Å². The van der Waals surface area contributed by atoms with Crippen LogP contribution in [0, 0.1) is 5.82 Å². The molecule has 0 saturated carbocycles. The highest BCUT2D eigenvalue weighted by Gasteiger charge is 2.33. The molecule has 0 spiro atoms. The van der Waals surface area contributed by atoms with Crippen LogP contribution in [0.15, 0.2) is 48.8 Å². The number of pyridine rings is 2. The maximum absolute atomic E-state index is 14.5. The van der Waals surface area contributed by atoms with Crippen molar-refractivity contribution in [3.8, 4) is 17.0 Å². The lowest BCUT2D eigenvalue weighted by Gasteiger charge is -2.16. The summed E-state index contributed by atoms with van der Waals surface area (Å²) in [5.74, 6) is -1.68. The molecule has 0 aliphatic carbocycles. The van der Waals surface area contributed by atoms with Crippen LogP contribution in [0.25, 0.3) is 11.3 Å². The number of carbonyl (C=O) groups is 1. The van der Waals surface area contributed by atoms with Crippen molar-refractivity contribution in [1.29, 1.82) is 0 Å². The Kier molecular flexibility index (Phi) is 8.49. The molecular formula is C24H24F4N4O4S. The largest absolute Gasteiger partial charge is 0.495 e. The minimum atomic E-state index is -4.68. The molecule has 1 amide bonds. The first-order valence-electron chi connectivity index (χ1n) is 10.9. The second kappa shape index (κ2) is 11.2. The van der Waals surface area contributed by atoms with E-state index in [0.29, 0.717) is 16.9 Å². The number of ether oxygens (including phenoxy) is 1. The van der Waals surface area contributed by atoms with Gasteiger partial charge in [0.1, 0.15) is 17.3 Å². The fraction of sp³-hybridized carbons (Fsp3) is 0.292. The summed E-state index contributed by atoms with van der Waals surface area (Å²) < 4.78 is 84.1. The number of amides is 1. The van der Waals surface area contributed by atoms with E-state index in [-0.39, 0.29) is 29.9 Å². The Hall–Kier alpha value is -3.58. The Morgan fingerprint density at radius 1 is 1.08 bits per heavy atom. The molecule has 0 aliphatic rings. The highest BCUT2D eigenvalue weighted by Crippen LogP contribution is 2.32. The number of hydrogen-bond acceptors (Lipinski definition) is 6. The number of alkyl halides is 3. The van der Waals surface area contributed by atoms with Crippen LogP contribution in [-0.2, 0) is 34.1 Å². The topological polar surface area (TPSA) is 110 Å². The molecule has 1 atom stereocenters. The first kappa shape index (κ1) is 28.0. The lowest BCUT2D eigenvalue weighted by molar-refractivity contribution is -0.141. The number of nitrogens with zero attached hydrogens (tertiary/aromatic N) is 2. The predicted molar refractivity (Wildman–Crippen MR) is 127 cm³/mol. The van der Waals surface area contributed by atoms with E-state index in [1.165, 1.54) is 50.7 Å². The molecule has 1 unspecified atom stereocenters. The van der Waals surface area contributed by atoms with Gasteiger partial charge in [-0.05, 0) is 36.2 Å². The Morgan fingerprint density at radius 2 is 1.78 bits per heavy atom. The summed E-state index contributed by atoms with van der Waals surface area (Å²) in [6.07, 6.45) is -0.998. The number of aromatic nitrogens is 2. The summed E-state index contributed by atoms with van der Waals surface area (Å²) in [4.78, 5) is 20.5. The molecule has 1 aromatic carbocycles. The van der Waals surface area contributed by atoms with E-state index in [1.807, 2.05) is 0 Å². The number of benzene rings is 1. The molecular weight excluding hydrogens is 516 g/mol. The molecule has 2 N–H and O–H groups in total. The van der Waals surface area contributed by atoms with Crippen LogP contribution in [0.2, 0.25) is 0 Å². The van der Waals surface area contributed by atoms with E-state index in [2.05, 4.69) is 20.0 Å². The van der Waals surface area contributed by atoms with Gasteiger partial charge in [0.05, 0.1) is 31.2 Å². The summed E-state index contributed by atoms with van der Waals surface area (Å²) in [5, 5.41) is 2.65. The van der Waals surface area contributed by atoms with Crippen LogP contribution in [0.3, 0.4) is 0 Å². The number of halogens is 4. The van der Waals surface area contributed by atoms with Gasteiger partial charge in [0, 0.05) is 30.4 Å². The SMILES string of the molecule is COc1cncc(-c2nc(C(F)(F)F)ccc2CNC(=O)C(C)c2ccc(CNS(C)(=O)=O)c(F)c2)c1. The monoisotopic (exact) mass is 540 g/mol. The molecule has 0 bridgehead atoms. The van der Waals surface area contributed by atoms with Crippen LogP contribution in [-0.4, -0.2) is 37.7 Å². The zero-order chi connectivity index (χ0) is 27.4. The number of hydrogen-bond donors (Lipinski definition) is 2. The molecule has 0 aliphatic heterocycles. The summed E-state index contributed by atoms with van der Waals surface area (Å²) in [6, 6.07) is 7.53. The maximum Gasteiger partial charge on any atom is 0.433 e. The average Bonchev–Trinajstić information content (AvgIpc) is 2.84. The highest BCUT2D eigenvalue weighted by atomic mass is 32.2. The van der Waals surface area contributed by atoms with Crippen molar-refractivity contribution in [3.05, 3.63) is 77.0 Å². The summed E-state index contributed by atoms with van der Waals surface area (Å²) in [7, 11) is -2.12. The first-order valence-corrected chi connectivity index (χ1v) is 12.7. The predicted octanol–water partition coefficient (Wildman–Crippen LogP) is 3.78. The van der Waals surface area contributed by atoms with E-state index < -0.39 is 39.5 Å². The Labute approximate surface area is 211 Å². The number of sulfonamides is 1. The van der Waals surface area contributed by atoms with Crippen molar-refractivity contribution in [3.63, 3.8) is 0 Å². The fourth-order valence-corrected chi connectivity index (χ4v) is 3.79. The van der Waals surface area contributed by atoms with Gasteiger partial charge in [-0.1, -0.05) is 18.2 Å². The zero-order valence-corrected chi connectivity index (χ0v) is 20.9. The minimum absolute atomic E-state index is 0.0250. The van der Waals surface area contributed by atoms with Crippen molar-refractivity contribution >= 4 is 15.9 Å². The second-order valence-corrected chi connectivity index (χ2v) is 10.0. The quantitative estimate of drug-likeness (QED) is 0.400. The van der Waals surface area contributed by atoms with Crippen LogP contribution >= 0.6 is 0 Å². The third-order valence-corrected chi connectivity index (χ3v) is 6.11. The molecule has 13 heteroatoms. The second-order valence-electron chi connectivity index (χ2n) is 8.20. The number of methoxy groups -OCH3 is 1. The summed E-state index contributed by atoms with van der Waals surface area (Å²) >= 11 is 0. The summed E-state index contributed by atoms with van der Waals surface area (Å²) in [6.45, 7) is 1.14. The Morgan fingerprint density at radius 3 is 2.41 bits per heavy atom. The van der Waals surface area contributed by atoms with Gasteiger partial charge < -0.3 is 10.1 Å². The van der Waals surface area contributed by atoms with Gasteiger partial charge in [-0.15, -0.1) is 0 Å². The highest BCUT2D eigenvalue weighted by molar-refractivity contribution is 7.88. The molecule has 2 aromatic heterocycles.